The fourth-order valence-corrected chi connectivity index (χ4v) is 5.41. The number of primary amides is 1. The van der Waals surface area contributed by atoms with Crippen molar-refractivity contribution in [3.63, 3.8) is 0 Å². The Labute approximate surface area is 172 Å². The number of fused-ring (bicyclic) bond motifs is 3. The first kappa shape index (κ1) is 18.3. The molecule has 2 aliphatic heterocycles. The van der Waals surface area contributed by atoms with Crippen LogP contribution in [0.5, 0.6) is 10.9 Å². The number of nitrogens with one attached hydrogen (secondary N) is 1. The van der Waals surface area contributed by atoms with E-state index >= 15 is 0 Å². The third-order valence-electron chi connectivity index (χ3n) is 5.87. The van der Waals surface area contributed by atoms with Gasteiger partial charge in [-0.3, -0.25) is 4.90 Å². The molecule has 150 valence electrons. The number of carbonyl (C=O) groups excluding carboxylic acids is 1. The lowest BCUT2D eigenvalue weighted by Gasteiger charge is -2.39. The molecule has 0 saturated carbocycles. The largest absolute Gasteiger partial charge is 0.431 e. The topological polar surface area (TPSA) is 93.4 Å². The summed E-state index contributed by atoms with van der Waals surface area (Å²) in [5.41, 5.74) is 7.28. The molecule has 3 atom stereocenters. The fourth-order valence-electron chi connectivity index (χ4n) is 4.62. The highest BCUT2D eigenvalue weighted by molar-refractivity contribution is 7.20. The van der Waals surface area contributed by atoms with Gasteiger partial charge in [0.15, 0.2) is 5.65 Å². The van der Waals surface area contributed by atoms with Gasteiger partial charge in [0.25, 0.3) is 5.19 Å². The normalized spacial score (nSPS) is 23.9. The molecule has 3 aromatic rings. The first-order valence-electron chi connectivity index (χ1n) is 9.94. The molecule has 2 saturated heterocycles. The van der Waals surface area contributed by atoms with Gasteiger partial charge in [0.05, 0.1) is 4.70 Å². The lowest BCUT2D eigenvalue weighted by Crippen LogP contribution is -2.51. The van der Waals surface area contributed by atoms with Crippen molar-refractivity contribution in [2.75, 3.05) is 0 Å². The predicted molar refractivity (Wildman–Crippen MR) is 112 cm³/mol. The Morgan fingerprint density at radius 3 is 2.66 bits per heavy atom. The Balaban J connectivity index is 1.22. The number of carbonyl (C=O) groups is 1. The molecular formula is C21H23N5O2S. The van der Waals surface area contributed by atoms with E-state index in [1.54, 1.807) is 6.20 Å². The number of nitrogens with two attached hydrogens (primary N) is 1. The summed E-state index contributed by atoms with van der Waals surface area (Å²) in [5, 5.41) is 3.50. The van der Waals surface area contributed by atoms with Crippen molar-refractivity contribution < 1.29 is 9.53 Å². The highest BCUT2D eigenvalue weighted by Crippen LogP contribution is 2.37. The standard InChI is InChI=1S/C21H23N5O2S/c22-20(27)24-14-10-15-5-6-16(11-14)26(15)12-13-3-7-17(8-4-13)28-21-25-19-18(29-21)2-1-9-23-19/h1-4,7-9,14-16H,5-6,10-12H2,(H3,22,24,27)/t14-,15+,16-. The summed E-state index contributed by atoms with van der Waals surface area (Å²) < 4.78 is 6.93. The van der Waals surface area contributed by atoms with E-state index in [1.807, 2.05) is 24.3 Å². The van der Waals surface area contributed by atoms with E-state index in [0.29, 0.717) is 22.9 Å². The Morgan fingerprint density at radius 1 is 1.21 bits per heavy atom. The molecule has 0 aliphatic carbocycles. The monoisotopic (exact) mass is 409 g/mol. The average Bonchev–Trinajstić information content (AvgIpc) is 3.20. The van der Waals surface area contributed by atoms with Gasteiger partial charge in [-0.15, -0.1) is 0 Å². The van der Waals surface area contributed by atoms with Crippen LogP contribution in [0.2, 0.25) is 0 Å². The molecule has 2 aromatic heterocycles. The maximum atomic E-state index is 11.2. The number of thiazole rings is 1. The smallest absolute Gasteiger partial charge is 0.312 e. The summed E-state index contributed by atoms with van der Waals surface area (Å²) >= 11 is 1.50. The number of amides is 2. The van der Waals surface area contributed by atoms with Crippen LogP contribution in [0.15, 0.2) is 42.6 Å². The van der Waals surface area contributed by atoms with Crippen LogP contribution < -0.4 is 15.8 Å². The quantitative estimate of drug-likeness (QED) is 0.671. The first-order chi connectivity index (χ1) is 14.1. The second kappa shape index (κ2) is 7.61. The van der Waals surface area contributed by atoms with Crippen LogP contribution in [0, 0.1) is 0 Å². The number of nitrogens with zero attached hydrogens (tertiary/aromatic N) is 3. The fraction of sp³-hybridized carbons (Fsp3) is 0.381. The molecule has 2 bridgehead atoms. The van der Waals surface area contributed by atoms with Crippen LogP contribution >= 0.6 is 11.3 Å². The van der Waals surface area contributed by atoms with Gasteiger partial charge in [0, 0.05) is 30.9 Å². The van der Waals surface area contributed by atoms with Gasteiger partial charge in [0.1, 0.15) is 5.75 Å². The van der Waals surface area contributed by atoms with Crippen molar-refractivity contribution in [1.82, 2.24) is 20.2 Å². The third-order valence-corrected chi connectivity index (χ3v) is 6.76. The van der Waals surface area contributed by atoms with E-state index in [1.165, 1.54) is 29.7 Å². The zero-order chi connectivity index (χ0) is 19.8. The lowest BCUT2D eigenvalue weighted by atomic mass is 9.96. The molecule has 3 N–H and O–H groups in total. The van der Waals surface area contributed by atoms with Crippen molar-refractivity contribution in [3.05, 3.63) is 48.2 Å². The molecule has 4 heterocycles. The molecule has 5 rings (SSSR count). The summed E-state index contributed by atoms with van der Waals surface area (Å²) in [6, 6.07) is 12.9. The molecule has 0 unspecified atom stereocenters. The van der Waals surface area contributed by atoms with Crippen molar-refractivity contribution in [2.45, 2.75) is 50.4 Å². The summed E-state index contributed by atoms with van der Waals surface area (Å²) in [7, 11) is 0. The van der Waals surface area contributed by atoms with Crippen molar-refractivity contribution in [2.24, 2.45) is 5.73 Å². The van der Waals surface area contributed by atoms with Crippen molar-refractivity contribution in [1.29, 1.82) is 0 Å². The van der Waals surface area contributed by atoms with Crippen LogP contribution in [0.1, 0.15) is 31.2 Å². The second-order valence-electron chi connectivity index (χ2n) is 7.79. The highest BCUT2D eigenvalue weighted by Gasteiger charge is 2.40. The number of aromatic nitrogens is 2. The molecule has 29 heavy (non-hydrogen) atoms. The van der Waals surface area contributed by atoms with Crippen molar-refractivity contribution in [3.8, 4) is 10.9 Å². The summed E-state index contributed by atoms with van der Waals surface area (Å²) in [6.07, 6.45) is 6.07. The average molecular weight is 410 g/mol. The number of hydrogen-bond acceptors (Lipinski definition) is 6. The first-order valence-corrected chi connectivity index (χ1v) is 10.8. The molecule has 8 heteroatoms. The summed E-state index contributed by atoms with van der Waals surface area (Å²) in [5.74, 6) is 0.778. The molecule has 0 radical (unpaired) electrons. The van der Waals surface area contributed by atoms with Gasteiger partial charge in [0.2, 0.25) is 0 Å². The minimum atomic E-state index is -0.414. The zero-order valence-corrected chi connectivity index (χ0v) is 16.8. The summed E-state index contributed by atoms with van der Waals surface area (Å²) in [4.78, 5) is 22.4. The zero-order valence-electron chi connectivity index (χ0n) is 16.0. The minimum Gasteiger partial charge on any atom is -0.431 e. The highest BCUT2D eigenvalue weighted by atomic mass is 32.1. The molecule has 7 nitrogen and oxygen atoms in total. The third kappa shape index (κ3) is 3.90. The Morgan fingerprint density at radius 2 is 1.97 bits per heavy atom. The van der Waals surface area contributed by atoms with Gasteiger partial charge in [-0.25, -0.2) is 9.78 Å². The van der Waals surface area contributed by atoms with E-state index in [-0.39, 0.29) is 6.04 Å². The van der Waals surface area contributed by atoms with Crippen LogP contribution in [0.25, 0.3) is 10.3 Å². The summed E-state index contributed by atoms with van der Waals surface area (Å²) in [6.45, 7) is 0.921. The maximum absolute atomic E-state index is 11.2. The van der Waals surface area contributed by atoms with Crippen LogP contribution in [-0.2, 0) is 6.54 Å². The van der Waals surface area contributed by atoms with E-state index in [2.05, 4.69) is 32.3 Å². The Bertz CT molecular complexity index is 974. The van der Waals surface area contributed by atoms with E-state index < -0.39 is 6.03 Å². The van der Waals surface area contributed by atoms with Gasteiger partial charge in [-0.05, 0) is 55.5 Å². The van der Waals surface area contributed by atoms with Crippen molar-refractivity contribution >= 4 is 27.7 Å². The molecule has 2 amide bonds. The van der Waals surface area contributed by atoms with Gasteiger partial charge in [-0.2, -0.15) is 4.98 Å². The Kier molecular flexibility index (Phi) is 4.81. The lowest BCUT2D eigenvalue weighted by molar-refractivity contribution is 0.112. The number of benzene rings is 1. The van der Waals surface area contributed by atoms with Gasteiger partial charge < -0.3 is 15.8 Å². The van der Waals surface area contributed by atoms with Crippen LogP contribution in [0.3, 0.4) is 0 Å². The number of pyridine rings is 1. The van der Waals surface area contributed by atoms with E-state index in [9.17, 15) is 4.79 Å². The SMILES string of the molecule is NC(=O)N[C@H]1C[C@H]2CC[C@@H](C1)N2Cc1ccc(Oc2nc3ncccc3s2)cc1. The predicted octanol–water partition coefficient (Wildman–Crippen LogP) is 3.65. The molecular weight excluding hydrogens is 386 g/mol. The van der Waals surface area contributed by atoms with Crippen LogP contribution in [0.4, 0.5) is 4.79 Å². The minimum absolute atomic E-state index is 0.209. The Hall–Kier alpha value is -2.71. The molecule has 2 fully saturated rings. The number of hydrogen-bond donors (Lipinski definition) is 2. The number of rotatable bonds is 5. The van der Waals surface area contributed by atoms with E-state index in [4.69, 9.17) is 10.5 Å². The maximum Gasteiger partial charge on any atom is 0.312 e. The number of ether oxygens (including phenoxy) is 1. The van der Waals surface area contributed by atoms with Gasteiger partial charge in [-0.1, -0.05) is 23.5 Å². The molecule has 2 aliphatic rings. The van der Waals surface area contributed by atoms with E-state index in [0.717, 1.165) is 29.8 Å². The molecule has 0 spiro atoms. The molecule has 1 aromatic carbocycles. The second-order valence-corrected chi connectivity index (χ2v) is 8.78. The number of urea groups is 1. The number of piperidine rings is 1. The van der Waals surface area contributed by atoms with Crippen LogP contribution in [-0.4, -0.2) is 39.0 Å². The van der Waals surface area contributed by atoms with Gasteiger partial charge >= 0.3 is 6.03 Å².